The van der Waals surface area contributed by atoms with E-state index >= 15 is 0 Å². The maximum Gasteiger partial charge on any atom is 0.311 e. The zero-order chi connectivity index (χ0) is 25.4. The zero-order valence-electron chi connectivity index (χ0n) is 21.1. The summed E-state index contributed by atoms with van der Waals surface area (Å²) in [7, 11) is 3.13. The summed E-state index contributed by atoms with van der Waals surface area (Å²) in [5.74, 6) is 0.235. The number of carbonyl (C=O) groups is 1. The molecular formula is C25H37BrO8. The van der Waals surface area contributed by atoms with Crippen LogP contribution in [0.5, 0.6) is 11.5 Å². The van der Waals surface area contributed by atoms with Crippen LogP contribution in [0.15, 0.2) is 22.7 Å². The van der Waals surface area contributed by atoms with Gasteiger partial charge in [0.25, 0.3) is 0 Å². The lowest BCUT2D eigenvalue weighted by atomic mass is 9.97. The van der Waals surface area contributed by atoms with Gasteiger partial charge in [-0.15, -0.1) is 0 Å². The summed E-state index contributed by atoms with van der Waals surface area (Å²) in [6.07, 6.45) is 4.97. The van der Waals surface area contributed by atoms with Gasteiger partial charge in [-0.25, -0.2) is 0 Å². The van der Waals surface area contributed by atoms with E-state index in [1.54, 1.807) is 20.3 Å². The van der Waals surface area contributed by atoms with E-state index in [0.29, 0.717) is 17.9 Å². The van der Waals surface area contributed by atoms with Crippen molar-refractivity contribution in [2.45, 2.75) is 65.5 Å². The summed E-state index contributed by atoms with van der Waals surface area (Å²) >= 11 is 3.59. The Morgan fingerprint density at radius 2 is 1.74 bits per heavy atom. The fourth-order valence-corrected chi connectivity index (χ4v) is 3.77. The molecule has 2 rings (SSSR count). The summed E-state index contributed by atoms with van der Waals surface area (Å²) < 4.78 is 39.5. The van der Waals surface area contributed by atoms with Crippen molar-refractivity contribution in [3.63, 3.8) is 0 Å². The smallest absolute Gasteiger partial charge is 0.311 e. The van der Waals surface area contributed by atoms with Gasteiger partial charge >= 0.3 is 5.97 Å². The molecule has 1 saturated heterocycles. The maximum atomic E-state index is 12.2. The van der Waals surface area contributed by atoms with Gasteiger partial charge in [0.2, 0.25) is 0 Å². The van der Waals surface area contributed by atoms with Crippen LogP contribution in [0.1, 0.15) is 53.0 Å². The molecule has 192 valence electrons. The molecule has 0 saturated carbocycles. The molecule has 1 fully saturated rings. The minimum Gasteiger partial charge on any atom is -0.467 e. The van der Waals surface area contributed by atoms with Gasteiger partial charge in [-0.05, 0) is 75.0 Å². The molecule has 0 radical (unpaired) electrons. The number of esters is 1. The lowest BCUT2D eigenvalue weighted by Gasteiger charge is -2.20. The lowest BCUT2D eigenvalue weighted by molar-refractivity contribution is -0.165. The Balaban J connectivity index is 2.03. The van der Waals surface area contributed by atoms with Crippen LogP contribution in [0.3, 0.4) is 0 Å². The Morgan fingerprint density at radius 3 is 2.38 bits per heavy atom. The number of hydrogen-bond donors (Lipinski definition) is 0. The monoisotopic (exact) mass is 544 g/mol. The number of carbonyl (C=O) groups excluding carboxylic acids is 1. The second-order valence-electron chi connectivity index (χ2n) is 9.47. The summed E-state index contributed by atoms with van der Waals surface area (Å²) in [4.78, 5) is 12.2. The van der Waals surface area contributed by atoms with E-state index in [4.69, 9.17) is 33.2 Å². The Morgan fingerprint density at radius 1 is 1.09 bits per heavy atom. The third kappa shape index (κ3) is 8.85. The normalized spacial score (nSPS) is 20.0. The van der Waals surface area contributed by atoms with Gasteiger partial charge in [0, 0.05) is 20.3 Å². The van der Waals surface area contributed by atoms with Crippen molar-refractivity contribution in [3.05, 3.63) is 28.2 Å². The molecular weight excluding hydrogens is 508 g/mol. The Labute approximate surface area is 210 Å². The largest absolute Gasteiger partial charge is 0.467 e. The molecule has 1 aliphatic rings. The van der Waals surface area contributed by atoms with Gasteiger partial charge in [-0.1, -0.05) is 12.2 Å². The highest BCUT2D eigenvalue weighted by Crippen LogP contribution is 2.35. The van der Waals surface area contributed by atoms with Crippen molar-refractivity contribution in [1.29, 1.82) is 0 Å². The first-order valence-electron chi connectivity index (χ1n) is 11.2. The Hall–Kier alpha value is -1.65. The molecule has 1 aromatic rings. The van der Waals surface area contributed by atoms with E-state index in [-0.39, 0.29) is 38.4 Å². The van der Waals surface area contributed by atoms with Crippen LogP contribution >= 0.6 is 15.9 Å². The average molecular weight is 545 g/mol. The van der Waals surface area contributed by atoms with Crippen molar-refractivity contribution in [2.24, 2.45) is 5.41 Å². The molecule has 34 heavy (non-hydrogen) atoms. The van der Waals surface area contributed by atoms with Crippen LogP contribution in [0, 0.1) is 5.41 Å². The second-order valence-corrected chi connectivity index (χ2v) is 10.3. The number of benzene rings is 1. The molecule has 8 nitrogen and oxygen atoms in total. The number of rotatable bonds is 12. The topological polar surface area (TPSA) is 81.7 Å². The Bertz CT molecular complexity index is 831. The SMILES string of the molecule is COCOc1cc(/C=C\CC[C@@H]2OC(C)(C)O[C@@H]2COC(=O)C(C)(C)C)c(Br)c(OCOC)c1. The predicted octanol–water partition coefficient (Wildman–Crippen LogP) is 5.32. The first-order valence-corrected chi connectivity index (χ1v) is 12.0. The van der Waals surface area contributed by atoms with Crippen molar-refractivity contribution >= 4 is 28.0 Å². The maximum absolute atomic E-state index is 12.2. The molecule has 0 amide bonds. The summed E-state index contributed by atoms with van der Waals surface area (Å²) in [5.41, 5.74) is 0.327. The highest BCUT2D eigenvalue weighted by atomic mass is 79.9. The van der Waals surface area contributed by atoms with Crippen molar-refractivity contribution in [1.82, 2.24) is 0 Å². The first kappa shape index (κ1) is 28.6. The van der Waals surface area contributed by atoms with Gasteiger partial charge in [-0.3, -0.25) is 4.79 Å². The Kier molecular flexibility index (Phi) is 10.8. The van der Waals surface area contributed by atoms with Crippen LogP contribution in [-0.2, 0) is 28.5 Å². The fraction of sp³-hybridized carbons (Fsp3) is 0.640. The van der Waals surface area contributed by atoms with Gasteiger partial charge in [0.1, 0.15) is 24.2 Å². The van der Waals surface area contributed by atoms with Crippen molar-refractivity contribution in [2.75, 3.05) is 34.4 Å². The molecule has 0 bridgehead atoms. The van der Waals surface area contributed by atoms with Crippen molar-refractivity contribution in [3.8, 4) is 11.5 Å². The molecule has 2 atom stereocenters. The van der Waals surface area contributed by atoms with Gasteiger partial charge < -0.3 is 33.2 Å². The lowest BCUT2D eigenvalue weighted by Crippen LogP contribution is -2.32. The van der Waals surface area contributed by atoms with E-state index in [9.17, 15) is 4.79 Å². The second kappa shape index (κ2) is 12.9. The zero-order valence-corrected chi connectivity index (χ0v) is 22.7. The van der Waals surface area contributed by atoms with E-state index in [2.05, 4.69) is 15.9 Å². The third-order valence-corrected chi connectivity index (χ3v) is 5.76. The number of methoxy groups -OCH3 is 2. The van der Waals surface area contributed by atoms with Crippen LogP contribution in [0.25, 0.3) is 6.08 Å². The minimum atomic E-state index is -0.725. The fourth-order valence-electron chi connectivity index (χ4n) is 3.29. The number of allylic oxidation sites excluding steroid dienone is 1. The molecule has 0 spiro atoms. The van der Waals surface area contributed by atoms with Crippen LogP contribution in [-0.4, -0.2) is 58.4 Å². The van der Waals surface area contributed by atoms with Crippen LogP contribution < -0.4 is 9.47 Å². The number of ether oxygens (including phenoxy) is 7. The first-order chi connectivity index (χ1) is 16.0. The van der Waals surface area contributed by atoms with E-state index in [1.165, 1.54) is 0 Å². The van der Waals surface area contributed by atoms with Crippen LogP contribution in [0.2, 0.25) is 0 Å². The van der Waals surface area contributed by atoms with Crippen molar-refractivity contribution < 1.29 is 38.0 Å². The van der Waals surface area contributed by atoms with E-state index < -0.39 is 11.2 Å². The molecule has 1 aliphatic heterocycles. The standard InChI is InChI=1S/C25H37BrO8/c1-24(2,3)23(27)30-14-21-19(33-25(4,5)34-21)11-9-8-10-17-12-18(31-15-28-6)13-20(22(17)26)32-16-29-7/h8,10,12-13,19,21H,9,11,14-16H2,1-7H3/b10-8-/t19-,21+/m0/s1. The van der Waals surface area contributed by atoms with Gasteiger partial charge in [0.05, 0.1) is 16.0 Å². The molecule has 9 heteroatoms. The quantitative estimate of drug-likeness (QED) is 0.258. The van der Waals surface area contributed by atoms with E-state index in [1.807, 2.05) is 52.8 Å². The summed E-state index contributed by atoms with van der Waals surface area (Å²) in [6.45, 7) is 9.62. The highest BCUT2D eigenvalue weighted by molar-refractivity contribution is 9.10. The summed E-state index contributed by atoms with van der Waals surface area (Å²) in [5, 5.41) is 0. The number of hydrogen-bond acceptors (Lipinski definition) is 8. The van der Waals surface area contributed by atoms with Crippen LogP contribution in [0.4, 0.5) is 0 Å². The van der Waals surface area contributed by atoms with Gasteiger partial charge in [0.15, 0.2) is 19.4 Å². The molecule has 1 aromatic carbocycles. The third-order valence-electron chi connectivity index (χ3n) is 4.91. The highest BCUT2D eigenvalue weighted by Gasteiger charge is 2.41. The minimum absolute atomic E-state index is 0.117. The average Bonchev–Trinajstić information content (AvgIpc) is 3.06. The molecule has 1 heterocycles. The predicted molar refractivity (Wildman–Crippen MR) is 132 cm³/mol. The van der Waals surface area contributed by atoms with E-state index in [0.717, 1.165) is 16.5 Å². The van der Waals surface area contributed by atoms with Gasteiger partial charge in [-0.2, -0.15) is 0 Å². The molecule has 0 unspecified atom stereocenters. The summed E-state index contributed by atoms with van der Waals surface area (Å²) in [6, 6.07) is 3.67. The molecule has 0 N–H and O–H groups in total. The number of halogens is 1. The molecule has 0 aliphatic carbocycles. The molecule has 0 aromatic heterocycles.